The fourth-order valence-electron chi connectivity index (χ4n) is 1.79. The summed E-state index contributed by atoms with van der Waals surface area (Å²) in [5, 5.41) is 9.29. The highest BCUT2D eigenvalue weighted by atomic mass is 32.2. The standard InChI is InChI=1S/C13H15F2N5OS/c1-9(6-20-8-16-7-17-20)18-13(21)19-10-3-2-4-11(5-10)22-12(14)15/h2-5,7-9,12H,6H2,1H3,(H2,18,19,21)/t9-/m0/s1. The first-order valence-electron chi connectivity index (χ1n) is 6.48. The first-order valence-corrected chi connectivity index (χ1v) is 7.35. The normalized spacial score (nSPS) is 12.2. The topological polar surface area (TPSA) is 71.8 Å². The first-order chi connectivity index (χ1) is 10.5. The molecule has 1 aromatic carbocycles. The van der Waals surface area contributed by atoms with E-state index in [1.54, 1.807) is 29.2 Å². The number of anilines is 1. The third kappa shape index (κ3) is 5.32. The number of amides is 2. The van der Waals surface area contributed by atoms with Crippen molar-refractivity contribution < 1.29 is 13.6 Å². The van der Waals surface area contributed by atoms with E-state index in [9.17, 15) is 13.6 Å². The SMILES string of the molecule is C[C@@H](Cn1cncn1)NC(=O)Nc1cccc(SC(F)F)c1. The Hall–Kier alpha value is -2.16. The molecule has 0 spiro atoms. The summed E-state index contributed by atoms with van der Waals surface area (Å²) in [6.07, 6.45) is 2.97. The molecule has 0 aliphatic rings. The summed E-state index contributed by atoms with van der Waals surface area (Å²) < 4.78 is 26.2. The van der Waals surface area contributed by atoms with Crippen LogP contribution in [0, 0.1) is 0 Å². The van der Waals surface area contributed by atoms with E-state index in [0.717, 1.165) is 0 Å². The summed E-state index contributed by atoms with van der Waals surface area (Å²) in [5.74, 6) is -2.49. The Bertz CT molecular complexity index is 608. The molecule has 2 aromatic rings. The molecule has 0 unspecified atom stereocenters. The van der Waals surface area contributed by atoms with Crippen LogP contribution in [0.1, 0.15) is 6.92 Å². The third-order valence-corrected chi connectivity index (χ3v) is 3.33. The monoisotopic (exact) mass is 327 g/mol. The summed E-state index contributed by atoms with van der Waals surface area (Å²) in [6.45, 7) is 2.30. The van der Waals surface area contributed by atoms with E-state index < -0.39 is 11.8 Å². The van der Waals surface area contributed by atoms with Crippen LogP contribution in [-0.2, 0) is 6.54 Å². The van der Waals surface area contributed by atoms with Crippen LogP contribution in [0.4, 0.5) is 19.3 Å². The number of aromatic nitrogens is 3. The average molecular weight is 327 g/mol. The molecule has 2 amide bonds. The van der Waals surface area contributed by atoms with Gasteiger partial charge in [0.2, 0.25) is 0 Å². The summed E-state index contributed by atoms with van der Waals surface area (Å²) in [6, 6.07) is 5.73. The second kappa shape index (κ2) is 7.74. The van der Waals surface area contributed by atoms with Crippen LogP contribution in [0.2, 0.25) is 0 Å². The molecule has 0 radical (unpaired) electrons. The zero-order chi connectivity index (χ0) is 15.9. The van der Waals surface area contributed by atoms with Crippen molar-refractivity contribution in [2.45, 2.75) is 30.2 Å². The molecule has 22 heavy (non-hydrogen) atoms. The average Bonchev–Trinajstić information content (AvgIpc) is 2.90. The van der Waals surface area contributed by atoms with Crippen LogP contribution < -0.4 is 10.6 Å². The number of carbonyl (C=O) groups is 1. The highest BCUT2D eigenvalue weighted by Crippen LogP contribution is 2.27. The predicted molar refractivity (Wildman–Crippen MR) is 79.9 cm³/mol. The van der Waals surface area contributed by atoms with E-state index in [-0.39, 0.29) is 6.04 Å². The molecule has 6 nitrogen and oxygen atoms in total. The number of hydrogen-bond donors (Lipinski definition) is 2. The Kier molecular flexibility index (Phi) is 5.70. The van der Waals surface area contributed by atoms with Gasteiger partial charge in [0.1, 0.15) is 12.7 Å². The van der Waals surface area contributed by atoms with Crippen molar-refractivity contribution in [2.75, 3.05) is 5.32 Å². The van der Waals surface area contributed by atoms with Gasteiger partial charge < -0.3 is 10.6 Å². The van der Waals surface area contributed by atoms with Gasteiger partial charge in [-0.25, -0.2) is 9.78 Å². The van der Waals surface area contributed by atoms with Gasteiger partial charge in [0.15, 0.2) is 0 Å². The van der Waals surface area contributed by atoms with E-state index >= 15 is 0 Å². The Morgan fingerprint density at radius 2 is 2.27 bits per heavy atom. The zero-order valence-electron chi connectivity index (χ0n) is 11.7. The molecule has 1 heterocycles. The number of benzene rings is 1. The van der Waals surface area contributed by atoms with Gasteiger partial charge >= 0.3 is 6.03 Å². The fourth-order valence-corrected chi connectivity index (χ4v) is 2.35. The van der Waals surface area contributed by atoms with Gasteiger partial charge in [-0.1, -0.05) is 17.8 Å². The molecular weight excluding hydrogens is 312 g/mol. The zero-order valence-corrected chi connectivity index (χ0v) is 12.6. The van der Waals surface area contributed by atoms with Crippen molar-refractivity contribution in [3.8, 4) is 0 Å². The number of nitrogens with one attached hydrogen (secondary N) is 2. The number of urea groups is 1. The van der Waals surface area contributed by atoms with E-state index in [0.29, 0.717) is 28.9 Å². The predicted octanol–water partition coefficient (Wildman–Crippen LogP) is 2.80. The number of alkyl halides is 2. The number of halogens is 2. The molecule has 9 heteroatoms. The van der Waals surface area contributed by atoms with Crippen molar-refractivity contribution in [1.29, 1.82) is 0 Å². The van der Waals surface area contributed by atoms with Crippen molar-refractivity contribution in [1.82, 2.24) is 20.1 Å². The van der Waals surface area contributed by atoms with Crippen LogP contribution in [0.5, 0.6) is 0 Å². The number of hydrogen-bond acceptors (Lipinski definition) is 4. The molecule has 0 bridgehead atoms. The van der Waals surface area contributed by atoms with Gasteiger partial charge in [-0.15, -0.1) is 0 Å². The maximum atomic E-state index is 12.3. The minimum atomic E-state index is -2.49. The largest absolute Gasteiger partial charge is 0.334 e. The number of nitrogens with zero attached hydrogens (tertiary/aromatic N) is 3. The van der Waals surface area contributed by atoms with Crippen molar-refractivity contribution in [2.24, 2.45) is 0 Å². The Morgan fingerprint density at radius 1 is 1.45 bits per heavy atom. The lowest BCUT2D eigenvalue weighted by Crippen LogP contribution is -2.38. The second-order valence-corrected chi connectivity index (χ2v) is 5.59. The van der Waals surface area contributed by atoms with E-state index in [2.05, 4.69) is 20.7 Å². The van der Waals surface area contributed by atoms with Crippen LogP contribution in [-0.4, -0.2) is 32.6 Å². The molecule has 0 aliphatic heterocycles. The van der Waals surface area contributed by atoms with Crippen LogP contribution in [0.15, 0.2) is 41.8 Å². The second-order valence-electron chi connectivity index (χ2n) is 4.52. The minimum Gasteiger partial charge on any atom is -0.334 e. The number of rotatable bonds is 6. The van der Waals surface area contributed by atoms with Gasteiger partial charge in [-0.05, 0) is 25.1 Å². The molecule has 0 aliphatic carbocycles. The smallest absolute Gasteiger partial charge is 0.319 e. The maximum absolute atomic E-state index is 12.3. The van der Waals surface area contributed by atoms with Gasteiger partial charge in [0.05, 0.1) is 6.54 Å². The fraction of sp³-hybridized carbons (Fsp3) is 0.308. The molecular formula is C13H15F2N5OS. The van der Waals surface area contributed by atoms with E-state index in [4.69, 9.17) is 0 Å². The molecule has 2 rings (SSSR count). The number of thioether (sulfide) groups is 1. The molecule has 0 saturated carbocycles. The quantitative estimate of drug-likeness (QED) is 0.800. The van der Waals surface area contributed by atoms with Gasteiger partial charge in [0, 0.05) is 16.6 Å². The molecule has 2 N–H and O–H groups in total. The molecule has 0 fully saturated rings. The lowest BCUT2D eigenvalue weighted by molar-refractivity contribution is 0.247. The number of carbonyl (C=O) groups excluding carboxylic acids is 1. The van der Waals surface area contributed by atoms with Crippen molar-refractivity contribution >= 4 is 23.5 Å². The molecule has 118 valence electrons. The lowest BCUT2D eigenvalue weighted by Gasteiger charge is -2.14. The van der Waals surface area contributed by atoms with Gasteiger partial charge in [-0.2, -0.15) is 13.9 Å². The summed E-state index contributed by atoms with van der Waals surface area (Å²) in [7, 11) is 0. The first kappa shape index (κ1) is 16.2. The van der Waals surface area contributed by atoms with Crippen LogP contribution >= 0.6 is 11.8 Å². The highest BCUT2D eigenvalue weighted by Gasteiger charge is 2.10. The van der Waals surface area contributed by atoms with Crippen LogP contribution in [0.3, 0.4) is 0 Å². The van der Waals surface area contributed by atoms with Crippen LogP contribution in [0.25, 0.3) is 0 Å². The van der Waals surface area contributed by atoms with Crippen molar-refractivity contribution in [3.63, 3.8) is 0 Å². The molecule has 0 saturated heterocycles. The van der Waals surface area contributed by atoms with Crippen molar-refractivity contribution in [3.05, 3.63) is 36.9 Å². The maximum Gasteiger partial charge on any atom is 0.319 e. The molecule has 1 atom stereocenters. The lowest BCUT2D eigenvalue weighted by atomic mass is 10.3. The Balaban J connectivity index is 1.86. The Labute approximate surface area is 130 Å². The van der Waals surface area contributed by atoms with Gasteiger partial charge in [0.25, 0.3) is 5.76 Å². The summed E-state index contributed by atoms with van der Waals surface area (Å²) in [4.78, 5) is 16.1. The summed E-state index contributed by atoms with van der Waals surface area (Å²) >= 11 is 0.433. The molecule has 1 aromatic heterocycles. The third-order valence-electron chi connectivity index (χ3n) is 2.62. The highest BCUT2D eigenvalue weighted by molar-refractivity contribution is 7.99. The minimum absolute atomic E-state index is 0.166. The Morgan fingerprint density at radius 3 is 2.95 bits per heavy atom. The van der Waals surface area contributed by atoms with Gasteiger partial charge in [-0.3, -0.25) is 4.68 Å². The summed E-state index contributed by atoms with van der Waals surface area (Å²) in [5.41, 5.74) is 0.455. The van der Waals surface area contributed by atoms with E-state index in [1.807, 2.05) is 6.92 Å². The van der Waals surface area contributed by atoms with E-state index in [1.165, 1.54) is 12.4 Å².